The van der Waals surface area contributed by atoms with Crippen LogP contribution < -0.4 is 10.2 Å². The first-order chi connectivity index (χ1) is 15.3. The summed E-state index contributed by atoms with van der Waals surface area (Å²) in [4.78, 5) is 25.2. The fraction of sp³-hybridized carbons (Fsp3) is 0.375. The summed E-state index contributed by atoms with van der Waals surface area (Å²) >= 11 is 1.60. The molecular formula is C24H27FN4O2S. The van der Waals surface area contributed by atoms with Crippen molar-refractivity contribution in [2.45, 2.75) is 46.4 Å². The Balaban J connectivity index is 1.65. The number of nitrogens with one attached hydrogen (secondary N) is 1. The Labute approximate surface area is 191 Å². The van der Waals surface area contributed by atoms with Gasteiger partial charge in [-0.1, -0.05) is 23.5 Å². The highest BCUT2D eigenvalue weighted by molar-refractivity contribution is 7.19. The smallest absolute Gasteiger partial charge is 0.254 e. The fourth-order valence-electron chi connectivity index (χ4n) is 4.02. The predicted molar refractivity (Wildman–Crippen MR) is 125 cm³/mol. The summed E-state index contributed by atoms with van der Waals surface area (Å²) in [6, 6.07) is 10.0. The molecule has 3 aromatic rings. The molecule has 2 unspecified atom stereocenters. The molecule has 1 aliphatic heterocycles. The van der Waals surface area contributed by atoms with Crippen molar-refractivity contribution < 1.29 is 13.9 Å². The summed E-state index contributed by atoms with van der Waals surface area (Å²) < 4.78 is 19.9. The molecule has 2 aromatic heterocycles. The SMILES string of the molecule is Cc1cc(-c2sc(N3CC(C)OC(C)C3)nc2CNC(=O)c2ccccc2F)cc(C)n1. The van der Waals surface area contributed by atoms with Crippen molar-refractivity contribution in [3.8, 4) is 10.4 Å². The van der Waals surface area contributed by atoms with Gasteiger partial charge >= 0.3 is 0 Å². The topological polar surface area (TPSA) is 67.3 Å². The molecule has 0 bridgehead atoms. The first-order valence-corrected chi connectivity index (χ1v) is 11.5. The zero-order valence-electron chi connectivity index (χ0n) is 18.7. The van der Waals surface area contributed by atoms with Gasteiger partial charge in [0.05, 0.1) is 34.9 Å². The molecule has 1 saturated heterocycles. The Kier molecular flexibility index (Phi) is 6.53. The molecule has 1 fully saturated rings. The molecule has 1 aromatic carbocycles. The summed E-state index contributed by atoms with van der Waals surface area (Å²) in [7, 11) is 0. The minimum absolute atomic E-state index is 0.0240. The minimum atomic E-state index is -0.541. The van der Waals surface area contributed by atoms with Crippen LogP contribution in [0.1, 0.15) is 41.3 Å². The highest BCUT2D eigenvalue weighted by Crippen LogP contribution is 2.36. The normalized spacial score (nSPS) is 18.6. The van der Waals surface area contributed by atoms with Gasteiger partial charge in [-0.25, -0.2) is 9.37 Å². The average Bonchev–Trinajstić information content (AvgIpc) is 3.15. The van der Waals surface area contributed by atoms with Crippen molar-refractivity contribution >= 4 is 22.4 Å². The number of aromatic nitrogens is 2. The Bertz CT molecular complexity index is 1100. The van der Waals surface area contributed by atoms with Crippen molar-refractivity contribution in [3.05, 3.63) is 64.9 Å². The summed E-state index contributed by atoms with van der Waals surface area (Å²) in [6.07, 6.45) is 0.224. The van der Waals surface area contributed by atoms with Crippen molar-refractivity contribution in [2.75, 3.05) is 18.0 Å². The van der Waals surface area contributed by atoms with Crippen LogP contribution in [-0.4, -0.2) is 41.2 Å². The highest BCUT2D eigenvalue weighted by atomic mass is 32.1. The second kappa shape index (κ2) is 9.34. The predicted octanol–water partition coefficient (Wildman–Crippen LogP) is 4.50. The zero-order valence-corrected chi connectivity index (χ0v) is 19.5. The Hall–Kier alpha value is -2.84. The van der Waals surface area contributed by atoms with E-state index in [-0.39, 0.29) is 24.3 Å². The van der Waals surface area contributed by atoms with Gasteiger partial charge in [0.15, 0.2) is 5.13 Å². The van der Waals surface area contributed by atoms with E-state index in [1.165, 1.54) is 12.1 Å². The van der Waals surface area contributed by atoms with E-state index in [9.17, 15) is 9.18 Å². The molecule has 6 nitrogen and oxygen atoms in total. The third kappa shape index (κ3) is 4.97. The maximum atomic E-state index is 14.0. The van der Waals surface area contributed by atoms with E-state index in [2.05, 4.69) is 29.0 Å². The first-order valence-electron chi connectivity index (χ1n) is 10.7. The van der Waals surface area contributed by atoms with E-state index >= 15 is 0 Å². The largest absolute Gasteiger partial charge is 0.372 e. The molecule has 2 atom stereocenters. The van der Waals surface area contributed by atoms with Gasteiger partial charge in [0.25, 0.3) is 5.91 Å². The lowest BCUT2D eigenvalue weighted by molar-refractivity contribution is -0.00523. The van der Waals surface area contributed by atoms with Crippen LogP contribution in [0, 0.1) is 19.7 Å². The molecule has 168 valence electrons. The number of carbonyl (C=O) groups excluding carboxylic acids is 1. The Morgan fingerprint density at radius 2 is 1.81 bits per heavy atom. The molecular weight excluding hydrogens is 427 g/mol. The van der Waals surface area contributed by atoms with Crippen molar-refractivity contribution in [3.63, 3.8) is 0 Å². The molecule has 1 aliphatic rings. The second-order valence-corrected chi connectivity index (χ2v) is 9.21. The van der Waals surface area contributed by atoms with Gasteiger partial charge in [-0.2, -0.15) is 0 Å². The molecule has 0 saturated carbocycles. The number of carbonyl (C=O) groups is 1. The number of anilines is 1. The van der Waals surface area contributed by atoms with Crippen molar-refractivity contribution in [1.82, 2.24) is 15.3 Å². The van der Waals surface area contributed by atoms with Gasteiger partial charge in [0.1, 0.15) is 5.82 Å². The van der Waals surface area contributed by atoms with E-state index < -0.39 is 11.7 Å². The number of halogens is 1. The molecule has 0 spiro atoms. The highest BCUT2D eigenvalue weighted by Gasteiger charge is 2.26. The maximum absolute atomic E-state index is 14.0. The number of nitrogens with zero attached hydrogens (tertiary/aromatic N) is 3. The van der Waals surface area contributed by atoms with Crippen LogP contribution in [0.3, 0.4) is 0 Å². The van der Waals surface area contributed by atoms with Gasteiger partial charge in [0.2, 0.25) is 0 Å². The van der Waals surface area contributed by atoms with Crippen molar-refractivity contribution in [2.24, 2.45) is 0 Å². The second-order valence-electron chi connectivity index (χ2n) is 8.24. The van der Waals surface area contributed by atoms with Gasteiger partial charge < -0.3 is 15.0 Å². The molecule has 4 rings (SSSR count). The summed E-state index contributed by atoms with van der Waals surface area (Å²) in [5, 5.41) is 3.73. The number of hydrogen-bond acceptors (Lipinski definition) is 6. The van der Waals surface area contributed by atoms with Gasteiger partial charge in [-0.15, -0.1) is 0 Å². The van der Waals surface area contributed by atoms with Crippen molar-refractivity contribution in [1.29, 1.82) is 0 Å². The van der Waals surface area contributed by atoms with Crippen LogP contribution in [0.25, 0.3) is 10.4 Å². The average molecular weight is 455 g/mol. The van der Waals surface area contributed by atoms with E-state index in [4.69, 9.17) is 9.72 Å². The van der Waals surface area contributed by atoms with Gasteiger partial charge in [0, 0.05) is 24.5 Å². The third-order valence-electron chi connectivity index (χ3n) is 5.25. The standard InChI is InChI=1S/C24H27FN4O2S/c1-14-9-18(10-15(2)27-14)22-21(11-26-23(30)19-7-5-6-8-20(19)25)28-24(32-22)29-12-16(3)31-17(4)13-29/h5-10,16-17H,11-13H2,1-4H3,(H,26,30). The third-order valence-corrected chi connectivity index (χ3v) is 6.46. The number of amides is 1. The van der Waals surface area contributed by atoms with Crippen LogP contribution in [0.2, 0.25) is 0 Å². The van der Waals surface area contributed by atoms with E-state index in [1.807, 2.05) is 26.0 Å². The minimum Gasteiger partial charge on any atom is -0.372 e. The summed E-state index contributed by atoms with van der Waals surface area (Å²) in [5.41, 5.74) is 3.64. The van der Waals surface area contributed by atoms with Crippen LogP contribution in [0.5, 0.6) is 0 Å². The summed E-state index contributed by atoms with van der Waals surface area (Å²) in [5.74, 6) is -1.000. The van der Waals surface area contributed by atoms with E-state index in [0.29, 0.717) is 0 Å². The number of thiazole rings is 1. The number of rotatable bonds is 5. The van der Waals surface area contributed by atoms with E-state index in [1.54, 1.807) is 23.5 Å². The summed E-state index contributed by atoms with van der Waals surface area (Å²) in [6.45, 7) is 9.76. The number of pyridine rings is 1. The van der Waals surface area contributed by atoms with Gasteiger partial charge in [-0.05, 0) is 57.5 Å². The van der Waals surface area contributed by atoms with Crippen LogP contribution >= 0.6 is 11.3 Å². The maximum Gasteiger partial charge on any atom is 0.254 e. The number of aryl methyl sites for hydroxylation is 2. The number of benzene rings is 1. The quantitative estimate of drug-likeness (QED) is 0.615. The molecule has 1 N–H and O–H groups in total. The Morgan fingerprint density at radius 1 is 1.16 bits per heavy atom. The number of hydrogen-bond donors (Lipinski definition) is 1. The van der Waals surface area contributed by atoms with E-state index in [0.717, 1.165) is 45.7 Å². The van der Waals surface area contributed by atoms with Gasteiger partial charge in [-0.3, -0.25) is 9.78 Å². The Morgan fingerprint density at radius 3 is 2.47 bits per heavy atom. The lowest BCUT2D eigenvalue weighted by Gasteiger charge is -2.35. The van der Waals surface area contributed by atoms with Crippen LogP contribution in [0.4, 0.5) is 9.52 Å². The fourth-order valence-corrected chi connectivity index (χ4v) is 5.11. The van der Waals surface area contributed by atoms with Crippen LogP contribution in [0.15, 0.2) is 36.4 Å². The monoisotopic (exact) mass is 454 g/mol. The lowest BCUT2D eigenvalue weighted by atomic mass is 10.1. The lowest BCUT2D eigenvalue weighted by Crippen LogP contribution is -2.45. The molecule has 32 heavy (non-hydrogen) atoms. The number of ether oxygens (including phenoxy) is 1. The molecule has 3 heterocycles. The molecule has 0 aliphatic carbocycles. The zero-order chi connectivity index (χ0) is 22.8. The first kappa shape index (κ1) is 22.4. The molecule has 1 amide bonds. The molecule has 8 heteroatoms. The number of morpholine rings is 1. The van der Waals surface area contributed by atoms with Crippen LogP contribution in [-0.2, 0) is 11.3 Å². The molecule has 0 radical (unpaired) electrons.